The third kappa shape index (κ3) is 7.14. The quantitative estimate of drug-likeness (QED) is 0.0996. The SMILES string of the molecule is O=C(O)CCCCCN1C(=O)[C@H]2[C@H](CC=C3[C@H]2C[C@H]2C(=O)N(Nc4ncc(C(F)(F)F)cc4Cl)C(=O)[C@@]2(c2ccc(Cl)cc2)[C@H]3c2ccc(OCCO)cc2)C1=O. The second-order valence-electron chi connectivity index (χ2n) is 14.6. The third-order valence-electron chi connectivity index (χ3n) is 11.5. The maximum Gasteiger partial charge on any atom is 0.417 e. The fraction of sp³-hybridized carbons (Fsp3) is 0.400. The largest absolute Gasteiger partial charge is 0.491 e. The van der Waals surface area contributed by atoms with Crippen LogP contribution in [0.15, 0.2) is 72.4 Å². The van der Waals surface area contributed by atoms with Gasteiger partial charge in [0.15, 0.2) is 5.82 Å². The Labute approximate surface area is 334 Å². The van der Waals surface area contributed by atoms with E-state index in [1.165, 1.54) is 4.90 Å². The molecule has 0 radical (unpaired) electrons. The Kier molecular flexibility index (Phi) is 11.1. The van der Waals surface area contributed by atoms with E-state index in [4.69, 9.17) is 33.0 Å². The van der Waals surface area contributed by atoms with E-state index in [0.717, 1.165) is 5.01 Å². The molecule has 57 heavy (non-hydrogen) atoms. The normalized spacial score (nSPS) is 25.6. The summed E-state index contributed by atoms with van der Waals surface area (Å²) in [6.07, 6.45) is -0.934. The molecule has 17 heteroatoms. The van der Waals surface area contributed by atoms with Gasteiger partial charge in [-0.25, -0.2) is 4.98 Å². The number of benzene rings is 2. The number of pyridine rings is 1. The van der Waals surface area contributed by atoms with E-state index in [0.29, 0.717) is 59.0 Å². The number of hydrogen-bond acceptors (Lipinski definition) is 9. The summed E-state index contributed by atoms with van der Waals surface area (Å²) >= 11 is 12.6. The van der Waals surface area contributed by atoms with Gasteiger partial charge in [-0.15, -0.1) is 0 Å². The fourth-order valence-electron chi connectivity index (χ4n) is 9.09. The summed E-state index contributed by atoms with van der Waals surface area (Å²) in [7, 11) is 0. The molecule has 0 spiro atoms. The molecular formula is C40H37Cl2F3N4O8. The number of aliphatic hydroxyl groups excluding tert-OH is 1. The van der Waals surface area contributed by atoms with E-state index in [2.05, 4.69) is 10.4 Å². The molecule has 3 fully saturated rings. The minimum Gasteiger partial charge on any atom is -0.491 e. The predicted molar refractivity (Wildman–Crippen MR) is 199 cm³/mol. The second kappa shape index (κ2) is 15.7. The number of alkyl halides is 3. The lowest BCUT2D eigenvalue weighted by molar-refractivity contribution is -0.141. The average Bonchev–Trinajstić information content (AvgIpc) is 3.54. The first-order valence-electron chi connectivity index (χ1n) is 18.4. The molecule has 1 aromatic heterocycles. The number of fused-ring (bicyclic) bond motifs is 4. The van der Waals surface area contributed by atoms with Crippen LogP contribution in [0.5, 0.6) is 5.75 Å². The van der Waals surface area contributed by atoms with E-state index in [9.17, 15) is 37.5 Å². The number of nitrogens with one attached hydrogen (secondary N) is 1. The van der Waals surface area contributed by atoms with Crippen molar-refractivity contribution in [3.05, 3.63) is 99.2 Å². The number of carbonyl (C=O) groups is 5. The number of ether oxygens (including phenoxy) is 1. The van der Waals surface area contributed by atoms with Crippen molar-refractivity contribution >= 4 is 58.6 Å². The first-order valence-corrected chi connectivity index (χ1v) is 19.2. The number of anilines is 1. The van der Waals surface area contributed by atoms with Crippen molar-refractivity contribution in [2.24, 2.45) is 23.7 Å². The highest BCUT2D eigenvalue weighted by Crippen LogP contribution is 2.64. The van der Waals surface area contributed by atoms with Crippen molar-refractivity contribution in [3.63, 3.8) is 0 Å². The minimum atomic E-state index is -4.76. The summed E-state index contributed by atoms with van der Waals surface area (Å²) in [6, 6.07) is 13.9. The number of hydrogen-bond donors (Lipinski definition) is 3. The van der Waals surface area contributed by atoms with Crippen molar-refractivity contribution in [2.45, 2.75) is 56.0 Å². The number of hydrazine groups is 1. The van der Waals surface area contributed by atoms with Gasteiger partial charge in [-0.1, -0.05) is 65.5 Å². The smallest absolute Gasteiger partial charge is 0.417 e. The number of aliphatic carboxylic acids is 1. The van der Waals surface area contributed by atoms with Gasteiger partial charge >= 0.3 is 12.1 Å². The lowest BCUT2D eigenvalue weighted by Gasteiger charge is -2.50. The first-order chi connectivity index (χ1) is 27.2. The third-order valence-corrected chi connectivity index (χ3v) is 12.0. The van der Waals surface area contributed by atoms with Gasteiger partial charge in [-0.05, 0) is 73.1 Å². The van der Waals surface area contributed by atoms with Crippen molar-refractivity contribution in [3.8, 4) is 5.75 Å². The molecule has 2 aliphatic carbocycles. The van der Waals surface area contributed by atoms with Gasteiger partial charge in [0, 0.05) is 30.1 Å². The molecule has 2 aliphatic heterocycles. The van der Waals surface area contributed by atoms with Crippen LogP contribution in [0.3, 0.4) is 0 Å². The molecule has 3 aromatic rings. The van der Waals surface area contributed by atoms with Crippen LogP contribution >= 0.6 is 23.2 Å². The number of allylic oxidation sites excluding steroid dienone is 2. The van der Waals surface area contributed by atoms with E-state index in [1.807, 2.05) is 6.08 Å². The van der Waals surface area contributed by atoms with Gasteiger partial charge in [-0.3, -0.25) is 34.3 Å². The van der Waals surface area contributed by atoms with Gasteiger partial charge in [0.1, 0.15) is 12.4 Å². The van der Waals surface area contributed by atoms with Crippen molar-refractivity contribution in [1.82, 2.24) is 14.9 Å². The molecule has 12 nitrogen and oxygen atoms in total. The number of likely N-dealkylation sites (tertiary alicyclic amines) is 1. The molecule has 7 rings (SSSR count). The number of carboxylic acids is 1. The summed E-state index contributed by atoms with van der Waals surface area (Å²) in [4.78, 5) is 74.2. The standard InChI is InChI=1S/C40H37Cl2F3N4O8/c41-24-9-7-22(8-10-24)39-29(36(54)49(38(39)56)47-34-30(42)18-23(20-46-34)40(43,44)45)19-28-26(33(39)21-5-11-25(12-6-21)57-17-16-50)13-14-27-32(28)37(55)48(35(27)53)15-3-1-2-4-31(51)52/h5-13,18,20,27-29,32-33,50H,1-4,14-17,19H2,(H,46,47)(H,51,52)/t27-,28+,29-,32-,33-,39+/m0/s1. The molecule has 300 valence electrons. The highest BCUT2D eigenvalue weighted by atomic mass is 35.5. The number of carbonyl (C=O) groups excluding carboxylic acids is 4. The summed E-state index contributed by atoms with van der Waals surface area (Å²) < 4.78 is 46.0. The molecule has 0 unspecified atom stereocenters. The Morgan fingerprint density at radius 1 is 0.965 bits per heavy atom. The summed E-state index contributed by atoms with van der Waals surface area (Å²) in [5.74, 6) is -7.47. The molecule has 2 aromatic carbocycles. The molecule has 3 heterocycles. The van der Waals surface area contributed by atoms with Gasteiger partial charge in [0.2, 0.25) is 11.8 Å². The Morgan fingerprint density at radius 3 is 2.33 bits per heavy atom. The van der Waals surface area contributed by atoms with Crippen LogP contribution in [0, 0.1) is 23.7 Å². The van der Waals surface area contributed by atoms with Crippen molar-refractivity contribution < 1.29 is 52.1 Å². The number of amides is 4. The average molecular weight is 830 g/mol. The number of aromatic nitrogens is 1. The van der Waals surface area contributed by atoms with Gasteiger partial charge in [0.25, 0.3) is 11.8 Å². The number of aliphatic hydroxyl groups is 1. The Morgan fingerprint density at radius 2 is 1.68 bits per heavy atom. The first kappa shape index (κ1) is 40.2. The number of nitrogens with zero attached hydrogens (tertiary/aromatic N) is 3. The Hall–Kier alpha value is -4.99. The highest BCUT2D eigenvalue weighted by Gasteiger charge is 2.70. The summed E-state index contributed by atoms with van der Waals surface area (Å²) in [5, 5.41) is 18.9. The monoisotopic (exact) mass is 828 g/mol. The number of unbranched alkanes of at least 4 members (excludes halogenated alkanes) is 2. The molecule has 1 saturated carbocycles. The van der Waals surface area contributed by atoms with Gasteiger partial charge in [-0.2, -0.15) is 18.2 Å². The van der Waals surface area contributed by atoms with Crippen LogP contribution in [0.1, 0.15) is 61.1 Å². The van der Waals surface area contributed by atoms with Crippen molar-refractivity contribution in [1.29, 1.82) is 0 Å². The van der Waals surface area contributed by atoms with E-state index in [1.54, 1.807) is 48.5 Å². The molecule has 4 aliphatic rings. The molecule has 0 bridgehead atoms. The zero-order chi connectivity index (χ0) is 40.8. The van der Waals surface area contributed by atoms with E-state index < -0.39 is 75.5 Å². The summed E-state index contributed by atoms with van der Waals surface area (Å²) in [5.41, 5.74) is 1.43. The molecule has 3 N–H and O–H groups in total. The lowest BCUT2D eigenvalue weighted by atomic mass is 9.49. The Balaban J connectivity index is 1.34. The van der Waals surface area contributed by atoms with E-state index >= 15 is 4.79 Å². The van der Waals surface area contributed by atoms with Crippen LogP contribution in [-0.2, 0) is 35.6 Å². The zero-order valence-corrected chi connectivity index (χ0v) is 31.7. The maximum absolute atomic E-state index is 15.3. The lowest BCUT2D eigenvalue weighted by Crippen LogP contribution is -2.53. The Bertz CT molecular complexity index is 2130. The summed E-state index contributed by atoms with van der Waals surface area (Å²) in [6.45, 7) is -0.0956. The number of halogens is 5. The molecular weight excluding hydrogens is 792 g/mol. The topological polar surface area (TPSA) is 166 Å². The van der Waals surface area contributed by atoms with Crippen molar-refractivity contribution in [2.75, 3.05) is 25.2 Å². The van der Waals surface area contributed by atoms with Crippen LogP contribution in [0.4, 0.5) is 19.0 Å². The molecule has 4 amide bonds. The van der Waals surface area contributed by atoms with Crippen LogP contribution in [0.25, 0.3) is 0 Å². The highest BCUT2D eigenvalue weighted by molar-refractivity contribution is 6.33. The number of carboxylic acid groups (broad SMARTS) is 1. The van der Waals surface area contributed by atoms with Gasteiger partial charge in [0.05, 0.1) is 40.4 Å². The number of rotatable bonds is 13. The minimum absolute atomic E-state index is 0.0240. The number of imide groups is 2. The molecule has 2 saturated heterocycles. The maximum atomic E-state index is 15.3. The molecule has 6 atom stereocenters. The fourth-order valence-corrected chi connectivity index (χ4v) is 9.42. The zero-order valence-electron chi connectivity index (χ0n) is 30.2. The second-order valence-corrected chi connectivity index (χ2v) is 15.4. The van der Waals surface area contributed by atoms with Gasteiger partial charge < -0.3 is 14.9 Å². The van der Waals surface area contributed by atoms with Crippen LogP contribution < -0.4 is 10.2 Å². The van der Waals surface area contributed by atoms with E-state index in [-0.39, 0.29) is 50.7 Å². The predicted octanol–water partition coefficient (Wildman–Crippen LogP) is 6.41. The van der Waals surface area contributed by atoms with Crippen LogP contribution in [-0.4, -0.2) is 74.5 Å². The van der Waals surface area contributed by atoms with Crippen LogP contribution in [0.2, 0.25) is 10.0 Å².